The van der Waals surface area contributed by atoms with Crippen LogP contribution in [0.1, 0.15) is 25.0 Å². The summed E-state index contributed by atoms with van der Waals surface area (Å²) in [6.45, 7) is 0.767. The van der Waals surface area contributed by atoms with E-state index in [1.54, 1.807) is 12.1 Å². The van der Waals surface area contributed by atoms with Crippen LogP contribution in [0, 0.1) is 0 Å². The number of aromatic nitrogens is 4. The Labute approximate surface area is 200 Å². The highest BCUT2D eigenvalue weighted by atomic mass is 35.5. The minimum absolute atomic E-state index is 0.151. The van der Waals surface area contributed by atoms with Gasteiger partial charge >= 0.3 is 0 Å². The van der Waals surface area contributed by atoms with E-state index in [4.69, 9.17) is 16.6 Å². The van der Waals surface area contributed by atoms with Crippen molar-refractivity contribution >= 4 is 35.0 Å². The molecule has 1 N–H and O–H groups in total. The van der Waals surface area contributed by atoms with Gasteiger partial charge in [0.1, 0.15) is 5.56 Å². The quantitative estimate of drug-likeness (QED) is 0.333. The van der Waals surface area contributed by atoms with E-state index in [9.17, 15) is 9.59 Å². The van der Waals surface area contributed by atoms with Gasteiger partial charge in [0.2, 0.25) is 5.91 Å². The molecule has 3 heterocycles. The van der Waals surface area contributed by atoms with E-state index in [0.717, 1.165) is 37.9 Å². The third kappa shape index (κ3) is 4.41. The number of benzene rings is 2. The minimum atomic E-state index is -0.169. The fourth-order valence-electron chi connectivity index (χ4n) is 4.09. The van der Waals surface area contributed by atoms with Gasteiger partial charge in [-0.2, -0.15) is 4.68 Å². The Bertz CT molecular complexity index is 1330. The molecule has 2 aromatic carbocycles. The maximum absolute atomic E-state index is 13.3. The molecule has 3 aliphatic heterocycles. The van der Waals surface area contributed by atoms with Gasteiger partial charge in [-0.15, -0.1) is 5.10 Å². The topological polar surface area (TPSA) is 81.8 Å². The van der Waals surface area contributed by atoms with E-state index in [2.05, 4.69) is 15.0 Å². The molecule has 2 aromatic rings. The van der Waals surface area contributed by atoms with E-state index in [1.807, 2.05) is 42.5 Å². The summed E-state index contributed by atoms with van der Waals surface area (Å²) in [5.74, 6) is 0.426. The number of anilines is 1. The molecule has 0 saturated carbocycles. The zero-order valence-corrected chi connectivity index (χ0v) is 19.4. The van der Waals surface area contributed by atoms with Crippen LogP contribution in [0.4, 0.5) is 5.69 Å². The predicted octanol–water partition coefficient (Wildman–Crippen LogP) is 4.64. The number of thioether (sulfide) groups is 1. The van der Waals surface area contributed by atoms with Crippen molar-refractivity contribution < 1.29 is 4.79 Å². The second-order valence-corrected chi connectivity index (χ2v) is 9.22. The normalized spacial score (nSPS) is 13.5. The van der Waals surface area contributed by atoms with Gasteiger partial charge < -0.3 is 9.88 Å². The smallest absolute Gasteiger partial charge is 0.284 e. The van der Waals surface area contributed by atoms with Crippen molar-refractivity contribution in [3.8, 4) is 17.1 Å². The van der Waals surface area contributed by atoms with Crippen LogP contribution in [0.2, 0.25) is 5.02 Å². The number of fused-ring (bicyclic) bond motifs is 3. The first-order chi connectivity index (χ1) is 16.1. The van der Waals surface area contributed by atoms with Crippen LogP contribution < -0.4 is 10.9 Å². The monoisotopic (exact) mass is 479 g/mol. The van der Waals surface area contributed by atoms with Crippen molar-refractivity contribution in [2.45, 2.75) is 37.4 Å². The maximum Gasteiger partial charge on any atom is 0.284 e. The maximum atomic E-state index is 13.3. The van der Waals surface area contributed by atoms with Crippen LogP contribution in [0.3, 0.4) is 0 Å². The number of nitrogens with zero attached hydrogens (tertiary/aromatic N) is 4. The molecule has 0 unspecified atom stereocenters. The summed E-state index contributed by atoms with van der Waals surface area (Å²) in [6.07, 6.45) is 3.88. The largest absolute Gasteiger partial charge is 0.324 e. The minimum Gasteiger partial charge on any atom is -0.324 e. The van der Waals surface area contributed by atoms with Gasteiger partial charge in [-0.25, -0.2) is 4.98 Å². The fourth-order valence-corrected chi connectivity index (χ4v) is 5.11. The lowest BCUT2D eigenvalue weighted by Gasteiger charge is -2.17. The molecule has 0 radical (unpaired) electrons. The van der Waals surface area contributed by atoms with Crippen LogP contribution in [-0.4, -0.2) is 31.0 Å². The molecule has 0 fully saturated rings. The highest BCUT2D eigenvalue weighted by Crippen LogP contribution is 2.30. The predicted molar refractivity (Wildman–Crippen MR) is 131 cm³/mol. The number of nitrogens with one attached hydrogen (secondary N) is 1. The number of halogens is 1. The Balaban J connectivity index is 1.49. The second-order valence-electron chi connectivity index (χ2n) is 7.87. The van der Waals surface area contributed by atoms with Crippen molar-refractivity contribution in [2.75, 3.05) is 11.1 Å². The van der Waals surface area contributed by atoms with Gasteiger partial charge in [-0.1, -0.05) is 60.1 Å². The fraction of sp³-hybridized carbons (Fsp3) is 0.250. The lowest BCUT2D eigenvalue weighted by molar-refractivity contribution is -0.113. The van der Waals surface area contributed by atoms with Crippen LogP contribution >= 0.6 is 23.4 Å². The summed E-state index contributed by atoms with van der Waals surface area (Å²) in [5, 5.41) is 8.58. The van der Waals surface area contributed by atoms with Gasteiger partial charge in [-0.05, 0) is 43.5 Å². The molecule has 9 heteroatoms. The third-order valence-corrected chi connectivity index (χ3v) is 6.95. The Morgan fingerprint density at radius 1 is 1.06 bits per heavy atom. The van der Waals surface area contributed by atoms with Gasteiger partial charge in [0.25, 0.3) is 5.56 Å². The number of carbonyl (C=O) groups excluding carboxylic acids is 1. The molecule has 0 aromatic heterocycles. The number of carbonyl (C=O) groups is 1. The molecule has 1 amide bonds. The first-order valence-corrected chi connectivity index (χ1v) is 12.2. The van der Waals surface area contributed by atoms with Crippen molar-refractivity contribution in [3.63, 3.8) is 0 Å². The average Bonchev–Trinajstić information content (AvgIpc) is 2.99. The van der Waals surface area contributed by atoms with Crippen LogP contribution in [-0.2, 0) is 17.8 Å². The number of amides is 1. The van der Waals surface area contributed by atoms with Crippen molar-refractivity contribution in [2.24, 2.45) is 0 Å². The zero-order chi connectivity index (χ0) is 22.8. The van der Waals surface area contributed by atoms with Gasteiger partial charge in [0, 0.05) is 12.2 Å². The second kappa shape index (κ2) is 9.41. The molecular weight excluding hydrogens is 458 g/mol. The van der Waals surface area contributed by atoms with E-state index in [-0.39, 0.29) is 17.2 Å². The summed E-state index contributed by atoms with van der Waals surface area (Å²) < 4.78 is 3.52. The van der Waals surface area contributed by atoms with E-state index >= 15 is 0 Å². The molecule has 0 bridgehead atoms. The van der Waals surface area contributed by atoms with E-state index in [0.29, 0.717) is 32.9 Å². The molecule has 5 rings (SSSR count). The molecule has 168 valence electrons. The molecule has 0 saturated heterocycles. The SMILES string of the molecule is O=C(CSc1nc2nn(-c3ccccc3)c(=O)c-2c2n1CCCCC2)Nc1ccccc1Cl. The Morgan fingerprint density at radius 2 is 1.85 bits per heavy atom. The van der Waals surface area contributed by atoms with Gasteiger partial charge in [0.05, 0.1) is 22.2 Å². The Hall–Kier alpha value is -3.10. The molecule has 0 aliphatic carbocycles. The summed E-state index contributed by atoms with van der Waals surface area (Å²) >= 11 is 7.50. The zero-order valence-electron chi connectivity index (χ0n) is 17.8. The first kappa shape index (κ1) is 21.7. The van der Waals surface area contributed by atoms with Crippen molar-refractivity contribution in [3.05, 3.63) is 75.7 Å². The molecule has 33 heavy (non-hydrogen) atoms. The molecule has 0 spiro atoms. The first-order valence-electron chi connectivity index (χ1n) is 10.9. The van der Waals surface area contributed by atoms with E-state index < -0.39 is 0 Å². The van der Waals surface area contributed by atoms with E-state index in [1.165, 1.54) is 16.4 Å². The van der Waals surface area contributed by atoms with Crippen LogP contribution in [0.15, 0.2) is 64.5 Å². The molecule has 7 nitrogen and oxygen atoms in total. The lowest BCUT2D eigenvalue weighted by atomic mass is 10.1. The van der Waals surface area contributed by atoms with Gasteiger partial charge in [0.15, 0.2) is 11.0 Å². The Morgan fingerprint density at radius 3 is 2.67 bits per heavy atom. The standard InChI is InChI=1S/C24H22ClN5O2S/c25-17-11-6-7-12-18(17)26-20(31)15-33-24-27-22-21(19-13-5-2-8-14-29(19)24)23(32)30(28-22)16-9-3-1-4-10-16/h1,3-4,6-7,9-12H,2,5,8,13-15H2,(H,26,31). The van der Waals surface area contributed by atoms with Crippen molar-refractivity contribution in [1.29, 1.82) is 0 Å². The highest BCUT2D eigenvalue weighted by Gasteiger charge is 2.27. The molecule has 3 aliphatic rings. The van der Waals surface area contributed by atoms with Crippen LogP contribution in [0.25, 0.3) is 17.1 Å². The average molecular weight is 480 g/mol. The lowest BCUT2D eigenvalue weighted by Crippen LogP contribution is -2.20. The van der Waals surface area contributed by atoms with Gasteiger partial charge in [-0.3, -0.25) is 9.59 Å². The van der Waals surface area contributed by atoms with Crippen molar-refractivity contribution in [1.82, 2.24) is 19.3 Å². The number of hydrogen-bond donors (Lipinski definition) is 1. The summed E-state index contributed by atoms with van der Waals surface area (Å²) in [7, 11) is 0. The number of para-hydroxylation sites is 2. The summed E-state index contributed by atoms with van der Waals surface area (Å²) in [5.41, 5.74) is 2.67. The third-order valence-electron chi connectivity index (χ3n) is 5.65. The molecular formula is C24H22ClN5O2S. The highest BCUT2D eigenvalue weighted by molar-refractivity contribution is 7.99. The number of rotatable bonds is 5. The summed E-state index contributed by atoms with van der Waals surface area (Å²) in [6, 6.07) is 16.5. The summed E-state index contributed by atoms with van der Waals surface area (Å²) in [4.78, 5) is 30.6. The molecule has 0 atom stereocenters. The number of hydrogen-bond acceptors (Lipinski definition) is 5. The van der Waals surface area contributed by atoms with Crippen LogP contribution in [0.5, 0.6) is 0 Å². The Kier molecular flexibility index (Phi) is 6.20.